The quantitative estimate of drug-likeness (QED) is 0.424. The highest BCUT2D eigenvalue weighted by Crippen LogP contribution is 2.57. The summed E-state index contributed by atoms with van der Waals surface area (Å²) in [4.78, 5) is 0. The number of benzene rings is 2. The molecule has 4 bridgehead atoms. The van der Waals surface area contributed by atoms with Gasteiger partial charge in [0.2, 0.25) is 0 Å². The second kappa shape index (κ2) is 9.30. The van der Waals surface area contributed by atoms with Crippen molar-refractivity contribution in [3.8, 4) is 11.1 Å². The fraction of sp³-hybridized carbons (Fsp3) is 0.625. The highest BCUT2D eigenvalue weighted by Gasteiger charge is 2.53. The van der Waals surface area contributed by atoms with Crippen LogP contribution in [0.5, 0.6) is 0 Å². The molecular weight excluding hydrogens is 483 g/mol. The number of nitrogens with one attached hydrogen (secondary N) is 2. The molecule has 194 valence electrons. The van der Waals surface area contributed by atoms with Crippen molar-refractivity contribution in [3.05, 3.63) is 58.7 Å². The van der Waals surface area contributed by atoms with Crippen molar-refractivity contribution < 1.29 is 0 Å². The molecular formula is C32H42Cl2N2. The number of fused-ring (bicyclic) bond motifs is 2. The third kappa shape index (κ3) is 3.30. The Bertz CT molecular complexity index is 1050. The predicted molar refractivity (Wildman–Crippen MR) is 154 cm³/mol. The number of hydrogen-bond donors (Lipinski definition) is 2. The molecule has 2 aromatic rings. The molecule has 4 fully saturated rings. The van der Waals surface area contributed by atoms with Gasteiger partial charge in [-0.1, -0.05) is 62.1 Å². The fourth-order valence-corrected chi connectivity index (χ4v) is 10.4. The van der Waals surface area contributed by atoms with Gasteiger partial charge in [0.25, 0.3) is 0 Å². The van der Waals surface area contributed by atoms with Gasteiger partial charge in [0.1, 0.15) is 0 Å². The third-order valence-electron chi connectivity index (χ3n) is 11.7. The molecule has 2 N–H and O–H groups in total. The van der Waals surface area contributed by atoms with Crippen LogP contribution in [0.15, 0.2) is 36.4 Å². The van der Waals surface area contributed by atoms with E-state index in [0.717, 1.165) is 11.8 Å². The van der Waals surface area contributed by atoms with Crippen LogP contribution in [0, 0.1) is 11.8 Å². The fourth-order valence-electron chi connectivity index (χ4n) is 10.4. The number of hydrogen-bond acceptors (Lipinski definition) is 2. The van der Waals surface area contributed by atoms with E-state index >= 15 is 0 Å². The topological polar surface area (TPSA) is 24.1 Å². The molecule has 2 nitrogen and oxygen atoms in total. The van der Waals surface area contributed by atoms with Crippen LogP contribution in [0.3, 0.4) is 0 Å². The summed E-state index contributed by atoms with van der Waals surface area (Å²) < 4.78 is 0. The summed E-state index contributed by atoms with van der Waals surface area (Å²) >= 11 is 0. The maximum absolute atomic E-state index is 3.98. The summed E-state index contributed by atoms with van der Waals surface area (Å²) in [6.07, 6.45) is 16.5. The molecule has 36 heavy (non-hydrogen) atoms. The van der Waals surface area contributed by atoms with E-state index in [2.05, 4.69) is 47.0 Å². The Morgan fingerprint density at radius 3 is 1.53 bits per heavy atom. The van der Waals surface area contributed by atoms with Gasteiger partial charge in [0.15, 0.2) is 0 Å². The lowest BCUT2D eigenvalue weighted by atomic mass is 9.51. The SMILES string of the molecule is Cl.Cl.c1cc(-c2cccc3c2C[C@H]2NCC[C@@]34CCCC[C@@H]24)c2c(c1)[C@@]13CCCC[C@H]1[C@@H](C2)NCC3. The van der Waals surface area contributed by atoms with E-state index in [1.807, 2.05) is 0 Å². The van der Waals surface area contributed by atoms with Gasteiger partial charge in [0.05, 0.1) is 0 Å². The Labute approximate surface area is 229 Å². The standard InChI is InChI=1S/C32H40N2.2ClH/c1-3-13-31-15-17-33-29(27(31)9-1)19-23-21(7-5-11-25(23)31)22-8-6-12-26-24(22)20-30-28-10-2-4-14-32(26,28)16-18-34-30;;/h5-8,11-12,27-30,33-34H,1-4,9-10,13-20H2;2*1H/t27-,28-,29+,30+,31-,32-;;/m0../s1. The van der Waals surface area contributed by atoms with E-state index < -0.39 is 0 Å². The van der Waals surface area contributed by atoms with Crippen molar-refractivity contribution in [3.63, 3.8) is 0 Å². The van der Waals surface area contributed by atoms with E-state index in [1.54, 1.807) is 33.4 Å². The zero-order valence-corrected chi connectivity index (χ0v) is 23.1. The molecule has 0 spiro atoms. The van der Waals surface area contributed by atoms with Gasteiger partial charge in [-0.15, -0.1) is 24.8 Å². The highest BCUT2D eigenvalue weighted by molar-refractivity contribution is 5.85. The van der Waals surface area contributed by atoms with Gasteiger partial charge in [-0.25, -0.2) is 0 Å². The van der Waals surface area contributed by atoms with E-state index in [0.29, 0.717) is 22.9 Å². The Morgan fingerprint density at radius 1 is 0.583 bits per heavy atom. The van der Waals surface area contributed by atoms with Crippen molar-refractivity contribution in [1.29, 1.82) is 0 Å². The first-order valence-electron chi connectivity index (χ1n) is 14.5. The number of halogens is 2. The Morgan fingerprint density at radius 2 is 1.06 bits per heavy atom. The van der Waals surface area contributed by atoms with Crippen LogP contribution in [0.25, 0.3) is 11.1 Å². The monoisotopic (exact) mass is 524 g/mol. The molecule has 2 saturated carbocycles. The van der Waals surface area contributed by atoms with E-state index in [1.165, 1.54) is 90.1 Å². The normalized spacial score (nSPS) is 37.7. The second-order valence-corrected chi connectivity index (χ2v) is 12.7. The summed E-state index contributed by atoms with van der Waals surface area (Å²) in [6.45, 7) is 2.42. The van der Waals surface area contributed by atoms with E-state index in [-0.39, 0.29) is 24.8 Å². The average molecular weight is 526 g/mol. The maximum Gasteiger partial charge on any atom is 0.0145 e. The largest absolute Gasteiger partial charge is 0.313 e. The van der Waals surface area contributed by atoms with Gasteiger partial charge in [-0.3, -0.25) is 0 Å². The molecule has 2 aliphatic heterocycles. The van der Waals surface area contributed by atoms with Crippen LogP contribution < -0.4 is 10.6 Å². The molecule has 2 saturated heterocycles. The van der Waals surface area contributed by atoms with Gasteiger partial charge < -0.3 is 10.6 Å². The summed E-state index contributed by atoms with van der Waals surface area (Å²) in [5, 5.41) is 7.97. The molecule has 0 radical (unpaired) electrons. The third-order valence-corrected chi connectivity index (χ3v) is 11.7. The maximum atomic E-state index is 3.98. The Kier molecular flexibility index (Phi) is 6.52. The van der Waals surface area contributed by atoms with Crippen molar-refractivity contribution >= 4 is 24.8 Å². The van der Waals surface area contributed by atoms with Crippen LogP contribution in [0.1, 0.15) is 86.5 Å². The molecule has 2 aromatic carbocycles. The molecule has 0 unspecified atom stereocenters. The van der Waals surface area contributed by atoms with Gasteiger partial charge in [-0.2, -0.15) is 0 Å². The van der Waals surface area contributed by atoms with Crippen LogP contribution >= 0.6 is 24.8 Å². The molecule has 4 heteroatoms. The zero-order valence-electron chi connectivity index (χ0n) is 21.5. The molecule has 6 aliphatic rings. The van der Waals surface area contributed by atoms with Gasteiger partial charge in [0, 0.05) is 22.9 Å². The van der Waals surface area contributed by atoms with E-state index in [4.69, 9.17) is 0 Å². The van der Waals surface area contributed by atoms with Gasteiger partial charge in [-0.05, 0) is 110 Å². The summed E-state index contributed by atoms with van der Waals surface area (Å²) in [6, 6.07) is 16.3. The summed E-state index contributed by atoms with van der Waals surface area (Å²) in [7, 11) is 0. The van der Waals surface area contributed by atoms with Crippen molar-refractivity contribution in [2.24, 2.45) is 11.8 Å². The van der Waals surface area contributed by atoms with Crippen LogP contribution in [-0.4, -0.2) is 25.2 Å². The Hall–Kier alpha value is -1.06. The lowest BCUT2D eigenvalue weighted by Crippen LogP contribution is -2.59. The molecule has 4 aliphatic carbocycles. The molecule has 2 heterocycles. The zero-order chi connectivity index (χ0) is 22.3. The van der Waals surface area contributed by atoms with Crippen LogP contribution in [0.4, 0.5) is 0 Å². The molecule has 6 atom stereocenters. The van der Waals surface area contributed by atoms with Crippen molar-refractivity contribution in [1.82, 2.24) is 10.6 Å². The first-order chi connectivity index (χ1) is 16.8. The molecule has 0 amide bonds. The van der Waals surface area contributed by atoms with Crippen molar-refractivity contribution in [2.45, 2.75) is 100.0 Å². The smallest absolute Gasteiger partial charge is 0.0145 e. The minimum absolute atomic E-state index is 0. The second-order valence-electron chi connectivity index (χ2n) is 12.7. The van der Waals surface area contributed by atoms with Crippen LogP contribution in [0.2, 0.25) is 0 Å². The van der Waals surface area contributed by atoms with Gasteiger partial charge >= 0.3 is 0 Å². The minimum atomic E-state index is 0. The predicted octanol–water partition coefficient (Wildman–Crippen LogP) is 6.89. The number of rotatable bonds is 1. The molecule has 0 aromatic heterocycles. The minimum Gasteiger partial charge on any atom is -0.313 e. The highest BCUT2D eigenvalue weighted by atomic mass is 35.5. The van der Waals surface area contributed by atoms with Crippen LogP contribution in [-0.2, 0) is 23.7 Å². The van der Waals surface area contributed by atoms with Crippen molar-refractivity contribution in [2.75, 3.05) is 13.1 Å². The number of piperidine rings is 2. The first-order valence-corrected chi connectivity index (χ1v) is 14.5. The lowest BCUT2D eigenvalue weighted by Gasteiger charge is -2.57. The Balaban J connectivity index is 0.00000120. The lowest BCUT2D eigenvalue weighted by molar-refractivity contribution is 0.0793. The summed E-state index contributed by atoms with van der Waals surface area (Å²) in [5.74, 6) is 1.71. The first kappa shape index (κ1) is 25.2. The van der Waals surface area contributed by atoms with E-state index in [9.17, 15) is 0 Å². The average Bonchev–Trinajstić information content (AvgIpc) is 2.88. The summed E-state index contributed by atoms with van der Waals surface area (Å²) in [5.41, 5.74) is 10.9. The molecule has 8 rings (SSSR count).